The largest absolute Gasteiger partial charge is 0.480 e. The maximum Gasteiger partial charge on any atom is 0.407 e. The molecular weight excluding hydrogens is 544 g/mol. The zero-order chi connectivity index (χ0) is 28.8. The fourth-order valence-corrected chi connectivity index (χ4v) is 6.26. The molecule has 1 fully saturated rings. The van der Waals surface area contributed by atoms with Crippen LogP contribution >= 0.6 is 11.8 Å². The van der Waals surface area contributed by atoms with Crippen molar-refractivity contribution in [2.24, 2.45) is 0 Å². The lowest BCUT2D eigenvalue weighted by atomic mass is 9.98. The van der Waals surface area contributed by atoms with Gasteiger partial charge in [0.1, 0.15) is 25.3 Å². The molecule has 0 bridgehead atoms. The van der Waals surface area contributed by atoms with Crippen molar-refractivity contribution in [2.45, 2.75) is 31.0 Å². The van der Waals surface area contributed by atoms with Gasteiger partial charge in [0.2, 0.25) is 5.91 Å². The standard InChI is InChI=1S/C31H30N2O7S/c34-28(39-17-20-8-2-1-3-9-20)16-26(29(35)33-14-15-41-19-27(33)30(36)37)32-31(38)40-18-25-23-12-6-4-10-21(23)22-11-5-7-13-24(22)25/h1-13,25-27H,14-19H2,(H,32,38)(H,36,37)/t26-,27?/m0/s1. The highest BCUT2D eigenvalue weighted by Crippen LogP contribution is 2.44. The van der Waals surface area contributed by atoms with E-state index in [4.69, 9.17) is 9.47 Å². The van der Waals surface area contributed by atoms with Gasteiger partial charge in [-0.05, 0) is 27.8 Å². The van der Waals surface area contributed by atoms with Crippen LogP contribution in [0.15, 0.2) is 78.9 Å². The van der Waals surface area contributed by atoms with Gasteiger partial charge in [0.15, 0.2) is 0 Å². The number of fused-ring (bicyclic) bond motifs is 3. The second-order valence-electron chi connectivity index (χ2n) is 9.83. The summed E-state index contributed by atoms with van der Waals surface area (Å²) in [5.74, 6) is -1.93. The summed E-state index contributed by atoms with van der Waals surface area (Å²) >= 11 is 1.43. The number of rotatable bonds is 9. The Hall–Kier alpha value is -4.31. The summed E-state index contributed by atoms with van der Waals surface area (Å²) in [5.41, 5.74) is 5.00. The van der Waals surface area contributed by atoms with Crippen molar-refractivity contribution in [1.29, 1.82) is 0 Å². The number of hydrogen-bond acceptors (Lipinski definition) is 7. The lowest BCUT2D eigenvalue weighted by Crippen LogP contribution is -2.57. The third-order valence-corrected chi connectivity index (χ3v) is 8.27. The molecular formula is C31H30N2O7S. The molecule has 2 N–H and O–H groups in total. The Labute approximate surface area is 241 Å². The Morgan fingerprint density at radius 2 is 1.54 bits per heavy atom. The molecule has 5 rings (SSSR count). The first-order valence-electron chi connectivity index (χ1n) is 13.3. The summed E-state index contributed by atoms with van der Waals surface area (Å²) in [4.78, 5) is 52.3. The number of benzene rings is 3. The molecule has 1 heterocycles. The second-order valence-corrected chi connectivity index (χ2v) is 11.0. The number of nitrogens with zero attached hydrogens (tertiary/aromatic N) is 1. The predicted octanol–water partition coefficient (Wildman–Crippen LogP) is 4.06. The summed E-state index contributed by atoms with van der Waals surface area (Å²) in [7, 11) is 0. The molecule has 2 amide bonds. The van der Waals surface area contributed by atoms with Crippen LogP contribution < -0.4 is 5.32 Å². The predicted molar refractivity (Wildman–Crippen MR) is 153 cm³/mol. The number of nitrogens with one attached hydrogen (secondary N) is 1. The molecule has 9 nitrogen and oxygen atoms in total. The topological polar surface area (TPSA) is 122 Å². The third-order valence-electron chi connectivity index (χ3n) is 7.24. The Morgan fingerprint density at radius 1 is 0.902 bits per heavy atom. The number of amides is 2. The second kappa shape index (κ2) is 12.9. The fourth-order valence-electron chi connectivity index (χ4n) is 5.22. The first-order chi connectivity index (χ1) is 19.9. The number of carboxylic acid groups (broad SMARTS) is 1. The van der Waals surface area contributed by atoms with Gasteiger partial charge in [-0.2, -0.15) is 11.8 Å². The fraction of sp³-hybridized carbons (Fsp3) is 0.290. The van der Waals surface area contributed by atoms with Gasteiger partial charge in [-0.3, -0.25) is 9.59 Å². The number of thioether (sulfide) groups is 1. The van der Waals surface area contributed by atoms with Gasteiger partial charge in [0.25, 0.3) is 0 Å². The highest BCUT2D eigenvalue weighted by atomic mass is 32.2. The minimum Gasteiger partial charge on any atom is -0.480 e. The van der Waals surface area contributed by atoms with E-state index in [9.17, 15) is 24.3 Å². The number of esters is 1. The highest BCUT2D eigenvalue weighted by Gasteiger charge is 2.38. The van der Waals surface area contributed by atoms with E-state index in [1.54, 1.807) is 12.1 Å². The SMILES string of the molecule is O=C(C[C@H](NC(=O)OCC1c2ccccc2-c2ccccc21)C(=O)N1CCSCC1C(=O)O)OCc1ccccc1. The van der Waals surface area contributed by atoms with Crippen LogP contribution in [0, 0.1) is 0 Å². The molecule has 0 radical (unpaired) electrons. The van der Waals surface area contributed by atoms with E-state index in [2.05, 4.69) is 5.32 Å². The lowest BCUT2D eigenvalue weighted by Gasteiger charge is -2.35. The normalized spacial score (nSPS) is 16.7. The third kappa shape index (κ3) is 6.54. The van der Waals surface area contributed by atoms with Crippen LogP contribution in [0.5, 0.6) is 0 Å². The average molecular weight is 575 g/mol. The van der Waals surface area contributed by atoms with Crippen LogP contribution in [0.25, 0.3) is 11.1 Å². The molecule has 2 aliphatic rings. The Kier molecular flexibility index (Phi) is 8.88. The van der Waals surface area contributed by atoms with E-state index in [0.29, 0.717) is 5.75 Å². The first kappa shape index (κ1) is 28.2. The summed E-state index contributed by atoms with van der Waals surface area (Å²) in [6, 6.07) is 22.5. The quantitative estimate of drug-likeness (QED) is 0.367. The van der Waals surface area contributed by atoms with E-state index in [1.165, 1.54) is 16.7 Å². The van der Waals surface area contributed by atoms with E-state index in [0.717, 1.165) is 27.8 Å². The molecule has 1 unspecified atom stereocenters. The summed E-state index contributed by atoms with van der Waals surface area (Å²) in [6.45, 7) is 0.212. The number of carbonyl (C=O) groups is 4. The molecule has 41 heavy (non-hydrogen) atoms. The lowest BCUT2D eigenvalue weighted by molar-refractivity contribution is -0.152. The Morgan fingerprint density at radius 3 is 2.20 bits per heavy atom. The van der Waals surface area contributed by atoms with Crippen LogP contribution in [0.3, 0.4) is 0 Å². The Balaban J connectivity index is 1.28. The van der Waals surface area contributed by atoms with Crippen LogP contribution in [0.1, 0.15) is 29.0 Å². The van der Waals surface area contributed by atoms with Crippen LogP contribution in [-0.2, 0) is 30.5 Å². The van der Waals surface area contributed by atoms with Gasteiger partial charge in [0, 0.05) is 24.0 Å². The van der Waals surface area contributed by atoms with Crippen LogP contribution in [0.2, 0.25) is 0 Å². The smallest absolute Gasteiger partial charge is 0.407 e. The molecule has 212 valence electrons. The average Bonchev–Trinajstić information content (AvgIpc) is 3.32. The molecule has 0 spiro atoms. The van der Waals surface area contributed by atoms with E-state index in [-0.39, 0.29) is 31.4 Å². The zero-order valence-corrected chi connectivity index (χ0v) is 23.0. The number of carbonyl (C=O) groups excluding carboxylic acids is 3. The maximum absolute atomic E-state index is 13.5. The van der Waals surface area contributed by atoms with Gasteiger partial charge < -0.3 is 24.8 Å². The summed E-state index contributed by atoms with van der Waals surface area (Å²) < 4.78 is 10.9. The van der Waals surface area contributed by atoms with Crippen molar-refractivity contribution >= 4 is 35.7 Å². The van der Waals surface area contributed by atoms with Gasteiger partial charge in [-0.15, -0.1) is 0 Å². The number of aliphatic carboxylic acids is 1. The van der Waals surface area contributed by atoms with Crippen molar-refractivity contribution in [2.75, 3.05) is 24.7 Å². The molecule has 1 aliphatic heterocycles. The Bertz CT molecular complexity index is 1390. The van der Waals surface area contributed by atoms with E-state index in [1.807, 2.05) is 66.7 Å². The van der Waals surface area contributed by atoms with Crippen molar-refractivity contribution < 1.29 is 33.8 Å². The monoisotopic (exact) mass is 574 g/mol. The zero-order valence-electron chi connectivity index (χ0n) is 22.2. The van der Waals surface area contributed by atoms with Crippen molar-refractivity contribution in [3.63, 3.8) is 0 Å². The number of ether oxygens (including phenoxy) is 2. The molecule has 0 saturated carbocycles. The number of hydrogen-bond donors (Lipinski definition) is 2. The van der Waals surface area contributed by atoms with Crippen molar-refractivity contribution in [3.8, 4) is 11.1 Å². The van der Waals surface area contributed by atoms with Crippen LogP contribution in [-0.4, -0.2) is 70.7 Å². The molecule has 2 atom stereocenters. The highest BCUT2D eigenvalue weighted by molar-refractivity contribution is 7.99. The van der Waals surface area contributed by atoms with Crippen molar-refractivity contribution in [3.05, 3.63) is 95.6 Å². The molecule has 0 aromatic heterocycles. The number of alkyl carbamates (subject to hydrolysis) is 1. The molecule has 3 aromatic rings. The molecule has 1 aliphatic carbocycles. The van der Waals surface area contributed by atoms with Gasteiger partial charge in [0.05, 0.1) is 6.42 Å². The minimum absolute atomic E-state index is 0.00360. The number of carboxylic acids is 1. The molecule has 1 saturated heterocycles. The summed E-state index contributed by atoms with van der Waals surface area (Å²) in [6.07, 6.45) is -1.34. The van der Waals surface area contributed by atoms with Gasteiger partial charge >= 0.3 is 18.0 Å². The van der Waals surface area contributed by atoms with Crippen LogP contribution in [0.4, 0.5) is 4.79 Å². The van der Waals surface area contributed by atoms with Gasteiger partial charge in [-0.1, -0.05) is 78.9 Å². The van der Waals surface area contributed by atoms with Gasteiger partial charge in [-0.25, -0.2) is 9.59 Å². The van der Waals surface area contributed by atoms with E-state index >= 15 is 0 Å². The van der Waals surface area contributed by atoms with Crippen molar-refractivity contribution in [1.82, 2.24) is 10.2 Å². The molecule has 3 aromatic carbocycles. The molecule has 10 heteroatoms. The maximum atomic E-state index is 13.5. The van der Waals surface area contributed by atoms with E-state index < -0.39 is 42.4 Å². The summed E-state index contributed by atoms with van der Waals surface area (Å²) in [5, 5.41) is 12.2. The minimum atomic E-state index is -1.35. The first-order valence-corrected chi connectivity index (χ1v) is 14.5.